The second kappa shape index (κ2) is 10.1. The highest BCUT2D eigenvalue weighted by Gasteiger charge is 2.76. The van der Waals surface area contributed by atoms with Gasteiger partial charge in [-0.3, -0.25) is 14.7 Å². The van der Waals surface area contributed by atoms with Crippen molar-refractivity contribution in [2.45, 2.75) is 50.7 Å². The van der Waals surface area contributed by atoms with Crippen molar-refractivity contribution in [3.8, 4) is 0 Å². The molecule has 3 aliphatic carbocycles. The van der Waals surface area contributed by atoms with E-state index in [1.165, 1.54) is 17.4 Å². The Kier molecular flexibility index (Phi) is 6.58. The van der Waals surface area contributed by atoms with Crippen molar-refractivity contribution in [2.24, 2.45) is 10.4 Å². The minimum Gasteiger partial charge on any atom is -0.481 e. The first-order chi connectivity index (χ1) is 20.6. The minimum absolute atomic E-state index is 0.00890. The Morgan fingerprint density at radius 3 is 2.72 bits per heavy atom. The van der Waals surface area contributed by atoms with Crippen LogP contribution in [0.25, 0.3) is 0 Å². The highest BCUT2D eigenvalue weighted by molar-refractivity contribution is 7.11. The Morgan fingerprint density at radius 2 is 2.02 bits per heavy atom. The fourth-order valence-corrected chi connectivity index (χ4v) is 8.13. The van der Waals surface area contributed by atoms with Gasteiger partial charge >= 0.3 is 18.0 Å². The number of carboxylic acid groups (broad SMARTS) is 1. The summed E-state index contributed by atoms with van der Waals surface area (Å²) in [5.74, 6) is -1.15. The maximum absolute atomic E-state index is 14.7. The van der Waals surface area contributed by atoms with Gasteiger partial charge in [-0.25, -0.2) is 19.0 Å². The van der Waals surface area contributed by atoms with Crippen molar-refractivity contribution < 1.29 is 28.6 Å². The number of hydrogen-bond donors (Lipinski definition) is 2. The molecule has 1 aromatic carbocycles. The molecule has 2 bridgehead atoms. The molecule has 3 saturated carbocycles. The van der Waals surface area contributed by atoms with E-state index in [0.717, 1.165) is 0 Å². The molecule has 3 aliphatic heterocycles. The number of nitrogens with zero attached hydrogens (tertiary/aromatic N) is 5. The van der Waals surface area contributed by atoms with Crippen LogP contribution in [0.4, 0.5) is 9.18 Å². The summed E-state index contributed by atoms with van der Waals surface area (Å²) in [6.45, 7) is 6.24. The zero-order chi connectivity index (χ0) is 30.1. The van der Waals surface area contributed by atoms with Gasteiger partial charge in [0.25, 0.3) is 0 Å². The van der Waals surface area contributed by atoms with Crippen molar-refractivity contribution in [1.29, 1.82) is 0 Å². The highest BCUT2D eigenvalue weighted by atomic mass is 32.1. The summed E-state index contributed by atoms with van der Waals surface area (Å²) in [5.41, 5.74) is 0.965. The largest absolute Gasteiger partial charge is 0.481 e. The van der Waals surface area contributed by atoms with Gasteiger partial charge in [0.2, 0.25) is 0 Å². The van der Waals surface area contributed by atoms with Crippen molar-refractivity contribution in [2.75, 3.05) is 39.3 Å². The molecule has 0 spiro atoms. The topological polar surface area (TPSA) is 128 Å². The number of fused-ring (bicyclic) bond motifs is 1. The SMILES string of the molecule is CCOC(=O)C1=C(CN2CCN3C(=O)N(C45CC(C(=O)O)(C4)C5)C[C@@H]3C2)NC(c2nccs2)=N[C@H]1c1cccc(F)c1C. The van der Waals surface area contributed by atoms with Crippen LogP contribution in [-0.2, 0) is 14.3 Å². The second-order valence-corrected chi connectivity index (χ2v) is 13.1. The number of amidine groups is 1. The number of ether oxygens (including phenoxy) is 1. The molecule has 0 radical (unpaired) electrons. The van der Waals surface area contributed by atoms with E-state index in [-0.39, 0.29) is 30.0 Å². The molecule has 43 heavy (non-hydrogen) atoms. The first kappa shape index (κ1) is 28.0. The van der Waals surface area contributed by atoms with Gasteiger partial charge in [-0.05, 0) is 50.3 Å². The number of aliphatic carboxylic acids is 1. The summed E-state index contributed by atoms with van der Waals surface area (Å²) in [6, 6.07) is 3.95. The van der Waals surface area contributed by atoms with Gasteiger partial charge in [-0.15, -0.1) is 11.3 Å². The smallest absolute Gasteiger partial charge is 0.338 e. The molecule has 5 fully saturated rings. The Morgan fingerprint density at radius 1 is 1.23 bits per heavy atom. The van der Waals surface area contributed by atoms with Crippen LogP contribution in [-0.4, -0.2) is 99.5 Å². The molecule has 6 aliphatic rings. The molecule has 226 valence electrons. The van der Waals surface area contributed by atoms with Gasteiger partial charge < -0.3 is 25.0 Å². The average molecular weight is 609 g/mol. The van der Waals surface area contributed by atoms with Crippen LogP contribution in [0.2, 0.25) is 0 Å². The van der Waals surface area contributed by atoms with Crippen LogP contribution in [0.1, 0.15) is 48.4 Å². The Labute approximate surface area is 252 Å². The molecule has 13 heteroatoms. The number of carbonyl (C=O) groups excluding carboxylic acids is 2. The number of halogens is 1. The molecule has 2 saturated heterocycles. The lowest BCUT2D eigenvalue weighted by Crippen LogP contribution is -2.77. The van der Waals surface area contributed by atoms with Gasteiger partial charge in [-0.1, -0.05) is 12.1 Å². The number of carboxylic acids is 1. The summed E-state index contributed by atoms with van der Waals surface area (Å²) < 4.78 is 20.2. The number of esters is 1. The van der Waals surface area contributed by atoms with Crippen LogP contribution in [0.15, 0.2) is 46.0 Å². The number of piperazine rings is 1. The van der Waals surface area contributed by atoms with E-state index in [1.54, 1.807) is 32.2 Å². The molecule has 11 nitrogen and oxygen atoms in total. The maximum Gasteiger partial charge on any atom is 0.338 e. The third-order valence-electron chi connectivity index (χ3n) is 9.71. The summed E-state index contributed by atoms with van der Waals surface area (Å²) >= 11 is 1.41. The molecule has 1 aromatic heterocycles. The Hall–Kier alpha value is -3.84. The van der Waals surface area contributed by atoms with Crippen molar-refractivity contribution in [3.63, 3.8) is 0 Å². The number of urea groups is 1. The summed E-state index contributed by atoms with van der Waals surface area (Å²) in [5, 5.41) is 15.4. The molecule has 0 unspecified atom stereocenters. The predicted octanol–water partition coefficient (Wildman–Crippen LogP) is 2.93. The normalized spacial score (nSPS) is 29.8. The van der Waals surface area contributed by atoms with E-state index in [2.05, 4.69) is 15.2 Å². The first-order valence-electron chi connectivity index (χ1n) is 14.6. The molecule has 4 heterocycles. The van der Waals surface area contributed by atoms with Crippen LogP contribution < -0.4 is 5.32 Å². The Bertz CT molecular complexity index is 1550. The zero-order valence-electron chi connectivity index (χ0n) is 24.0. The lowest BCUT2D eigenvalue weighted by molar-refractivity contribution is -0.219. The molecule has 2 aromatic rings. The fraction of sp³-hybridized carbons (Fsp3) is 0.500. The van der Waals surface area contributed by atoms with Gasteiger partial charge in [-0.2, -0.15) is 0 Å². The van der Waals surface area contributed by atoms with Gasteiger partial charge in [0.15, 0.2) is 10.8 Å². The van der Waals surface area contributed by atoms with Gasteiger partial charge in [0, 0.05) is 55.5 Å². The number of amides is 2. The van der Waals surface area contributed by atoms with Gasteiger partial charge in [0.05, 0.1) is 23.6 Å². The van der Waals surface area contributed by atoms with Gasteiger partial charge in [0.1, 0.15) is 11.9 Å². The third-order valence-corrected chi connectivity index (χ3v) is 10.5. The number of benzene rings is 1. The number of carbonyl (C=O) groups is 3. The number of aromatic nitrogens is 1. The molecule has 2 amide bonds. The molecular formula is C30H33FN6O5S. The van der Waals surface area contributed by atoms with Crippen LogP contribution in [0.3, 0.4) is 0 Å². The van der Waals surface area contributed by atoms with Crippen molar-refractivity contribution in [3.05, 3.63) is 63.0 Å². The molecule has 2 N–H and O–H groups in total. The number of thiazole rings is 1. The summed E-state index contributed by atoms with van der Waals surface area (Å²) in [4.78, 5) is 53.8. The fourth-order valence-electron chi connectivity index (χ4n) is 7.55. The van der Waals surface area contributed by atoms with E-state index in [4.69, 9.17) is 9.73 Å². The average Bonchev–Trinajstić information content (AvgIpc) is 3.57. The van der Waals surface area contributed by atoms with Crippen molar-refractivity contribution in [1.82, 2.24) is 25.0 Å². The highest BCUT2D eigenvalue weighted by Crippen LogP contribution is 2.70. The van der Waals surface area contributed by atoms with Crippen LogP contribution >= 0.6 is 11.3 Å². The summed E-state index contributed by atoms with van der Waals surface area (Å²) in [7, 11) is 0. The van der Waals surface area contributed by atoms with E-state index < -0.39 is 23.4 Å². The first-order valence-corrected chi connectivity index (χ1v) is 15.5. The van der Waals surface area contributed by atoms with E-state index in [9.17, 15) is 23.9 Å². The molecule has 2 atom stereocenters. The summed E-state index contributed by atoms with van der Waals surface area (Å²) in [6.07, 6.45) is 3.28. The third kappa shape index (κ3) is 4.35. The lowest BCUT2D eigenvalue weighted by Gasteiger charge is -2.70. The number of nitrogens with one attached hydrogen (secondary N) is 1. The van der Waals surface area contributed by atoms with Crippen LogP contribution in [0.5, 0.6) is 0 Å². The van der Waals surface area contributed by atoms with Crippen LogP contribution in [0, 0.1) is 18.2 Å². The van der Waals surface area contributed by atoms with E-state index in [0.29, 0.717) is 85.2 Å². The Balaban J connectivity index is 1.17. The maximum atomic E-state index is 14.7. The number of aliphatic imine (C=N–C) groups is 1. The standard InChI is InChI=1S/C30H33FN6O5S/c1-3-42-26(38)22-21(33-24(25-32-7-10-43-25)34-23(22)19-5-4-6-20(31)17(19)2)13-35-8-9-36-18(11-35)12-37(28(36)41)30-14-29(15-30,16-30)27(39)40/h4-7,10,18,23H,3,8-9,11-16H2,1-2H3,(H,33,34)(H,39,40)/t18-,23-,29?,30?/m0/s1. The van der Waals surface area contributed by atoms with E-state index >= 15 is 0 Å². The predicted molar refractivity (Wildman–Crippen MR) is 155 cm³/mol. The number of rotatable bonds is 8. The van der Waals surface area contributed by atoms with E-state index in [1.807, 2.05) is 15.2 Å². The molecular weight excluding hydrogens is 575 g/mol. The minimum atomic E-state index is -0.791. The second-order valence-electron chi connectivity index (χ2n) is 12.2. The quantitative estimate of drug-likeness (QED) is 0.438. The lowest BCUT2D eigenvalue weighted by atomic mass is 9.39. The van der Waals surface area contributed by atoms with Crippen molar-refractivity contribution >= 4 is 35.1 Å². The number of hydrogen-bond acceptors (Lipinski definition) is 9. The zero-order valence-corrected chi connectivity index (χ0v) is 24.8. The molecule has 8 rings (SSSR count). The monoisotopic (exact) mass is 608 g/mol.